The number of imidazole rings is 1. The number of hydrogen-bond donors (Lipinski definition) is 2. The van der Waals surface area contributed by atoms with E-state index < -0.39 is 0 Å². The molecule has 4 rings (SSSR count). The highest BCUT2D eigenvalue weighted by Gasteiger charge is 2.09. The lowest BCUT2D eigenvalue weighted by Crippen LogP contribution is -2.20. The van der Waals surface area contributed by atoms with Crippen LogP contribution in [-0.2, 0) is 0 Å². The van der Waals surface area contributed by atoms with Crippen molar-refractivity contribution in [2.24, 2.45) is 10.1 Å². The number of nitrogens with zero attached hydrogens (tertiary/aromatic N) is 4. The van der Waals surface area contributed by atoms with Gasteiger partial charge in [-0.1, -0.05) is 42.0 Å². The summed E-state index contributed by atoms with van der Waals surface area (Å²) < 4.78 is 0. The number of rotatable bonds is 5. The maximum Gasteiger partial charge on any atom is 0.190 e. The van der Waals surface area contributed by atoms with Gasteiger partial charge in [-0.2, -0.15) is 5.10 Å². The number of amidine groups is 1. The van der Waals surface area contributed by atoms with Crippen LogP contribution in [0.4, 0.5) is 11.4 Å². The summed E-state index contributed by atoms with van der Waals surface area (Å²) in [6, 6.07) is 24.1. The Bertz CT molecular complexity index is 1150. The monoisotopic (exact) mass is 396 g/mol. The summed E-state index contributed by atoms with van der Waals surface area (Å²) in [5.74, 6) is 1.19. The van der Waals surface area contributed by atoms with Gasteiger partial charge in [-0.05, 0) is 48.9 Å². The summed E-state index contributed by atoms with van der Waals surface area (Å²) in [5, 5.41) is 4.40. The van der Waals surface area contributed by atoms with Gasteiger partial charge in [-0.25, -0.2) is 9.98 Å². The average Bonchev–Trinajstić information content (AvgIpc) is 3.19. The number of anilines is 1. The topological polar surface area (TPSA) is 68.7 Å². The molecule has 0 atom stereocenters. The molecule has 3 aromatic carbocycles. The van der Waals surface area contributed by atoms with E-state index in [1.54, 1.807) is 6.21 Å². The number of para-hydroxylation sites is 2. The van der Waals surface area contributed by atoms with Crippen molar-refractivity contribution in [3.8, 4) is 0 Å². The first-order valence-electron chi connectivity index (χ1n) is 9.75. The number of H-pyrrole nitrogens is 1. The number of aromatic nitrogens is 2. The summed E-state index contributed by atoms with van der Waals surface area (Å²) in [5.41, 5.74) is 9.05. The number of aromatic amines is 1. The molecule has 0 fully saturated rings. The molecule has 0 saturated heterocycles. The number of nitrogens with one attached hydrogen (secondary N) is 2. The third-order valence-corrected chi connectivity index (χ3v) is 4.68. The second-order valence-electron chi connectivity index (χ2n) is 7.25. The molecule has 150 valence electrons. The molecule has 0 unspecified atom stereocenters. The zero-order valence-corrected chi connectivity index (χ0v) is 17.3. The van der Waals surface area contributed by atoms with Crippen LogP contribution in [0.1, 0.15) is 17.0 Å². The summed E-state index contributed by atoms with van der Waals surface area (Å²) in [6.07, 6.45) is 1.77. The molecule has 0 saturated carbocycles. The average molecular weight is 396 g/mol. The van der Waals surface area contributed by atoms with Gasteiger partial charge in [-0.3, -0.25) is 5.43 Å². The van der Waals surface area contributed by atoms with E-state index in [0.29, 0.717) is 11.7 Å². The van der Waals surface area contributed by atoms with E-state index in [-0.39, 0.29) is 0 Å². The molecule has 4 aromatic rings. The molecule has 1 heterocycles. The first-order valence-corrected chi connectivity index (χ1v) is 9.75. The number of benzene rings is 3. The lowest BCUT2D eigenvalue weighted by atomic mass is 10.2. The molecule has 0 bridgehead atoms. The third-order valence-electron chi connectivity index (χ3n) is 4.68. The van der Waals surface area contributed by atoms with Gasteiger partial charge in [0.05, 0.1) is 22.9 Å². The summed E-state index contributed by atoms with van der Waals surface area (Å²) >= 11 is 0. The van der Waals surface area contributed by atoms with Gasteiger partial charge in [0, 0.05) is 19.8 Å². The Morgan fingerprint density at radius 2 is 1.70 bits per heavy atom. The molecule has 0 amide bonds. The van der Waals surface area contributed by atoms with Crippen LogP contribution in [0.5, 0.6) is 0 Å². The fourth-order valence-corrected chi connectivity index (χ4v) is 2.97. The van der Waals surface area contributed by atoms with Crippen molar-refractivity contribution >= 4 is 34.5 Å². The SMILES string of the molecule is Cc1ccc(N=C(N/N=C\c2ccc(N(C)C)cc2)c2nc3ccccc3[nH]2)cc1. The van der Waals surface area contributed by atoms with Crippen LogP contribution in [0, 0.1) is 6.92 Å². The quantitative estimate of drug-likeness (QED) is 0.293. The summed E-state index contributed by atoms with van der Waals surface area (Å²) in [7, 11) is 4.04. The molecule has 0 radical (unpaired) electrons. The molecule has 0 aliphatic rings. The van der Waals surface area contributed by atoms with Crippen LogP contribution < -0.4 is 10.3 Å². The maximum absolute atomic E-state index is 4.73. The molecule has 0 aliphatic heterocycles. The molecule has 1 aromatic heterocycles. The van der Waals surface area contributed by atoms with Crippen molar-refractivity contribution in [1.82, 2.24) is 15.4 Å². The zero-order valence-electron chi connectivity index (χ0n) is 17.3. The Labute approximate surface area is 176 Å². The molecular formula is C24H24N6. The number of aliphatic imine (C=N–C) groups is 1. The van der Waals surface area contributed by atoms with E-state index in [2.05, 4.69) is 44.5 Å². The van der Waals surface area contributed by atoms with Crippen molar-refractivity contribution in [2.75, 3.05) is 19.0 Å². The Balaban J connectivity index is 1.62. The lowest BCUT2D eigenvalue weighted by Gasteiger charge is -2.11. The molecule has 30 heavy (non-hydrogen) atoms. The Kier molecular flexibility index (Phi) is 5.57. The molecule has 0 spiro atoms. The fourth-order valence-electron chi connectivity index (χ4n) is 2.97. The molecule has 6 nitrogen and oxygen atoms in total. The number of aryl methyl sites for hydroxylation is 1. The molecular weight excluding hydrogens is 372 g/mol. The Morgan fingerprint density at radius 3 is 2.40 bits per heavy atom. The predicted molar refractivity (Wildman–Crippen MR) is 125 cm³/mol. The number of hydrogen-bond acceptors (Lipinski definition) is 4. The van der Waals surface area contributed by atoms with E-state index in [4.69, 9.17) is 4.99 Å². The normalized spacial score (nSPS) is 11.9. The Hall–Kier alpha value is -3.93. The van der Waals surface area contributed by atoms with Crippen LogP contribution >= 0.6 is 0 Å². The summed E-state index contributed by atoms with van der Waals surface area (Å²) in [6.45, 7) is 2.05. The van der Waals surface area contributed by atoms with E-state index in [0.717, 1.165) is 28.0 Å². The number of hydrazone groups is 1. The highest BCUT2D eigenvalue weighted by molar-refractivity contribution is 6.00. The fraction of sp³-hybridized carbons (Fsp3) is 0.125. The van der Waals surface area contributed by atoms with Gasteiger partial charge in [0.15, 0.2) is 11.7 Å². The highest BCUT2D eigenvalue weighted by Crippen LogP contribution is 2.16. The van der Waals surface area contributed by atoms with Crippen LogP contribution in [-0.4, -0.2) is 36.1 Å². The van der Waals surface area contributed by atoms with Gasteiger partial charge in [0.2, 0.25) is 0 Å². The van der Waals surface area contributed by atoms with Gasteiger partial charge < -0.3 is 9.88 Å². The standard InChI is InChI=1S/C24H24N6/c1-17-8-12-19(13-9-17)26-24(23-27-21-6-4-5-7-22(21)28-23)29-25-16-18-10-14-20(15-11-18)30(2)3/h4-16H,1-3H3,(H,26,29)(H,27,28)/b25-16-. The molecule has 2 N–H and O–H groups in total. The van der Waals surface area contributed by atoms with Crippen molar-refractivity contribution in [3.05, 3.63) is 89.7 Å². The van der Waals surface area contributed by atoms with Crippen molar-refractivity contribution in [2.45, 2.75) is 6.92 Å². The maximum atomic E-state index is 4.73. The summed E-state index contributed by atoms with van der Waals surface area (Å²) in [4.78, 5) is 14.8. The highest BCUT2D eigenvalue weighted by atomic mass is 15.3. The van der Waals surface area contributed by atoms with Gasteiger partial charge in [-0.15, -0.1) is 0 Å². The van der Waals surface area contributed by atoms with Crippen LogP contribution in [0.15, 0.2) is 82.9 Å². The van der Waals surface area contributed by atoms with Crippen LogP contribution in [0.25, 0.3) is 11.0 Å². The van der Waals surface area contributed by atoms with Crippen molar-refractivity contribution in [1.29, 1.82) is 0 Å². The number of fused-ring (bicyclic) bond motifs is 1. The minimum atomic E-state index is 0.552. The second kappa shape index (κ2) is 8.61. The van der Waals surface area contributed by atoms with Gasteiger partial charge in [0.25, 0.3) is 0 Å². The Morgan fingerprint density at radius 1 is 0.967 bits per heavy atom. The first-order chi connectivity index (χ1) is 14.6. The first kappa shape index (κ1) is 19.4. The largest absolute Gasteiger partial charge is 0.378 e. The molecule has 6 heteroatoms. The minimum absolute atomic E-state index is 0.552. The van der Waals surface area contributed by atoms with E-state index in [1.165, 1.54) is 5.56 Å². The zero-order chi connectivity index (χ0) is 20.9. The second-order valence-corrected chi connectivity index (χ2v) is 7.25. The van der Waals surface area contributed by atoms with Crippen molar-refractivity contribution in [3.63, 3.8) is 0 Å². The molecule has 0 aliphatic carbocycles. The predicted octanol–water partition coefficient (Wildman–Crippen LogP) is 4.64. The van der Waals surface area contributed by atoms with Crippen LogP contribution in [0.2, 0.25) is 0 Å². The minimum Gasteiger partial charge on any atom is -0.378 e. The van der Waals surface area contributed by atoms with Gasteiger partial charge in [0.1, 0.15) is 0 Å². The van der Waals surface area contributed by atoms with Crippen molar-refractivity contribution < 1.29 is 0 Å². The van der Waals surface area contributed by atoms with E-state index in [9.17, 15) is 0 Å². The smallest absolute Gasteiger partial charge is 0.190 e. The van der Waals surface area contributed by atoms with Crippen LogP contribution in [0.3, 0.4) is 0 Å². The van der Waals surface area contributed by atoms with E-state index in [1.807, 2.05) is 74.8 Å². The third kappa shape index (κ3) is 4.55. The van der Waals surface area contributed by atoms with E-state index >= 15 is 0 Å². The lowest BCUT2D eigenvalue weighted by molar-refractivity contribution is 1.01. The van der Waals surface area contributed by atoms with Gasteiger partial charge >= 0.3 is 0 Å².